The Morgan fingerprint density at radius 2 is 1.90 bits per heavy atom. The summed E-state index contributed by atoms with van der Waals surface area (Å²) in [5, 5.41) is 10.1. The van der Waals surface area contributed by atoms with E-state index in [-0.39, 0.29) is 23.3 Å². The predicted molar refractivity (Wildman–Crippen MR) is 68.0 cm³/mol. The minimum absolute atomic E-state index is 0.0174. The molecule has 0 bridgehead atoms. The SMILES string of the molecule is COc1ccc(F)cc1C(O)Cc1cccc(F)c1F. The number of ether oxygens (including phenoxy) is 1. The second kappa shape index (κ2) is 5.96. The van der Waals surface area contributed by atoms with Crippen molar-refractivity contribution in [1.82, 2.24) is 0 Å². The lowest BCUT2D eigenvalue weighted by Crippen LogP contribution is -2.07. The fourth-order valence-electron chi connectivity index (χ4n) is 1.99. The van der Waals surface area contributed by atoms with Gasteiger partial charge in [0, 0.05) is 12.0 Å². The summed E-state index contributed by atoms with van der Waals surface area (Å²) in [5.74, 6) is -2.25. The van der Waals surface area contributed by atoms with E-state index in [0.29, 0.717) is 0 Å². The molecule has 0 aromatic heterocycles. The van der Waals surface area contributed by atoms with E-state index in [1.165, 1.54) is 31.4 Å². The van der Waals surface area contributed by atoms with E-state index < -0.39 is 23.6 Å². The number of hydrogen-bond donors (Lipinski definition) is 1. The molecule has 0 saturated heterocycles. The van der Waals surface area contributed by atoms with Gasteiger partial charge in [0.2, 0.25) is 0 Å². The topological polar surface area (TPSA) is 29.5 Å². The zero-order valence-corrected chi connectivity index (χ0v) is 10.7. The van der Waals surface area contributed by atoms with Gasteiger partial charge in [-0.25, -0.2) is 13.2 Å². The van der Waals surface area contributed by atoms with Crippen LogP contribution in [0.15, 0.2) is 36.4 Å². The number of aliphatic hydroxyl groups excluding tert-OH is 1. The molecule has 0 radical (unpaired) electrons. The molecule has 2 aromatic rings. The zero-order chi connectivity index (χ0) is 14.7. The van der Waals surface area contributed by atoms with Gasteiger partial charge < -0.3 is 9.84 Å². The lowest BCUT2D eigenvalue weighted by atomic mass is 10.00. The van der Waals surface area contributed by atoms with Crippen LogP contribution in [0, 0.1) is 17.5 Å². The fourth-order valence-corrected chi connectivity index (χ4v) is 1.99. The standard InChI is InChI=1S/C15H13F3O2/c1-20-14-6-5-10(16)8-11(14)13(19)7-9-3-2-4-12(17)15(9)18/h2-6,8,13,19H,7H2,1H3. The predicted octanol–water partition coefficient (Wildman–Crippen LogP) is 3.39. The van der Waals surface area contributed by atoms with E-state index in [4.69, 9.17) is 4.74 Å². The molecule has 1 atom stereocenters. The summed E-state index contributed by atoms with van der Waals surface area (Å²) in [5.41, 5.74) is 0.208. The molecule has 1 unspecified atom stereocenters. The summed E-state index contributed by atoms with van der Waals surface area (Å²) in [6, 6.07) is 7.39. The molecule has 0 aliphatic heterocycles. The first-order valence-corrected chi connectivity index (χ1v) is 5.97. The van der Waals surface area contributed by atoms with Gasteiger partial charge in [-0.1, -0.05) is 12.1 Å². The van der Waals surface area contributed by atoms with Crippen LogP contribution in [0.5, 0.6) is 5.75 Å². The summed E-state index contributed by atoms with van der Waals surface area (Å²) in [7, 11) is 1.38. The third kappa shape index (κ3) is 2.93. The van der Waals surface area contributed by atoms with E-state index in [1.54, 1.807) is 0 Å². The summed E-state index contributed by atoms with van der Waals surface area (Å²) in [4.78, 5) is 0. The molecule has 20 heavy (non-hydrogen) atoms. The van der Waals surface area contributed by atoms with Gasteiger partial charge in [0.25, 0.3) is 0 Å². The lowest BCUT2D eigenvalue weighted by Gasteiger charge is -2.15. The first-order valence-electron chi connectivity index (χ1n) is 5.97. The van der Waals surface area contributed by atoms with E-state index in [9.17, 15) is 18.3 Å². The number of halogens is 3. The fraction of sp³-hybridized carbons (Fsp3) is 0.200. The van der Waals surface area contributed by atoms with E-state index in [1.807, 2.05) is 0 Å². The smallest absolute Gasteiger partial charge is 0.162 e. The van der Waals surface area contributed by atoms with Crippen molar-refractivity contribution < 1.29 is 23.0 Å². The summed E-state index contributed by atoms with van der Waals surface area (Å²) in [6.07, 6.45) is -1.37. The number of rotatable bonds is 4. The van der Waals surface area contributed by atoms with Gasteiger partial charge >= 0.3 is 0 Å². The lowest BCUT2D eigenvalue weighted by molar-refractivity contribution is 0.172. The maximum absolute atomic E-state index is 13.5. The highest BCUT2D eigenvalue weighted by Gasteiger charge is 2.18. The van der Waals surface area contributed by atoms with Crippen LogP contribution in [0.3, 0.4) is 0 Å². The van der Waals surface area contributed by atoms with Crippen LogP contribution < -0.4 is 4.74 Å². The van der Waals surface area contributed by atoms with Crippen LogP contribution in [0.4, 0.5) is 13.2 Å². The molecule has 0 fully saturated rings. The molecule has 2 rings (SSSR count). The monoisotopic (exact) mass is 282 g/mol. The highest BCUT2D eigenvalue weighted by Crippen LogP contribution is 2.29. The van der Waals surface area contributed by atoms with Crippen LogP contribution in [0.2, 0.25) is 0 Å². The van der Waals surface area contributed by atoms with Crippen LogP contribution in [-0.4, -0.2) is 12.2 Å². The molecule has 5 heteroatoms. The first-order chi connectivity index (χ1) is 9.52. The molecule has 0 spiro atoms. The van der Waals surface area contributed by atoms with Gasteiger partial charge in [-0.05, 0) is 29.8 Å². The van der Waals surface area contributed by atoms with Crippen molar-refractivity contribution in [3.05, 3.63) is 65.0 Å². The Kier molecular flexibility index (Phi) is 4.29. The van der Waals surface area contributed by atoms with Crippen LogP contribution in [-0.2, 0) is 6.42 Å². The molecular weight excluding hydrogens is 269 g/mol. The average molecular weight is 282 g/mol. The normalized spacial score (nSPS) is 12.2. The Hall–Kier alpha value is -2.01. The van der Waals surface area contributed by atoms with Gasteiger partial charge in [-0.2, -0.15) is 0 Å². The molecule has 2 aromatic carbocycles. The van der Waals surface area contributed by atoms with Crippen molar-refractivity contribution in [2.75, 3.05) is 7.11 Å². The Morgan fingerprint density at radius 3 is 2.60 bits per heavy atom. The van der Waals surface area contributed by atoms with Crippen LogP contribution >= 0.6 is 0 Å². The van der Waals surface area contributed by atoms with Crippen molar-refractivity contribution in [1.29, 1.82) is 0 Å². The molecule has 0 saturated carbocycles. The van der Waals surface area contributed by atoms with Crippen molar-refractivity contribution in [2.45, 2.75) is 12.5 Å². The van der Waals surface area contributed by atoms with Gasteiger partial charge in [0.05, 0.1) is 13.2 Å². The Labute approximate surface area is 114 Å². The molecule has 0 heterocycles. The van der Waals surface area contributed by atoms with Crippen LogP contribution in [0.1, 0.15) is 17.2 Å². The largest absolute Gasteiger partial charge is 0.496 e. The second-order valence-corrected chi connectivity index (χ2v) is 4.32. The Morgan fingerprint density at radius 1 is 1.15 bits per heavy atom. The van der Waals surface area contributed by atoms with Crippen LogP contribution in [0.25, 0.3) is 0 Å². The number of hydrogen-bond acceptors (Lipinski definition) is 2. The van der Waals surface area contributed by atoms with E-state index >= 15 is 0 Å². The number of methoxy groups -OCH3 is 1. The zero-order valence-electron chi connectivity index (χ0n) is 10.7. The summed E-state index contributed by atoms with van der Waals surface area (Å²) in [6.45, 7) is 0. The minimum Gasteiger partial charge on any atom is -0.496 e. The van der Waals surface area contributed by atoms with Crippen molar-refractivity contribution >= 4 is 0 Å². The van der Waals surface area contributed by atoms with Gasteiger partial charge in [0.1, 0.15) is 11.6 Å². The number of aliphatic hydroxyl groups is 1. The third-order valence-electron chi connectivity index (χ3n) is 3.00. The Bertz CT molecular complexity index is 614. The van der Waals surface area contributed by atoms with Gasteiger partial charge in [-0.15, -0.1) is 0 Å². The second-order valence-electron chi connectivity index (χ2n) is 4.32. The highest BCUT2D eigenvalue weighted by molar-refractivity contribution is 5.36. The third-order valence-corrected chi connectivity index (χ3v) is 3.00. The average Bonchev–Trinajstić information content (AvgIpc) is 2.43. The summed E-state index contributed by atoms with van der Waals surface area (Å²) < 4.78 is 44.9. The highest BCUT2D eigenvalue weighted by atomic mass is 19.2. The molecule has 0 amide bonds. The van der Waals surface area contributed by atoms with Crippen molar-refractivity contribution in [2.24, 2.45) is 0 Å². The van der Waals surface area contributed by atoms with E-state index in [2.05, 4.69) is 0 Å². The minimum atomic E-state index is -1.20. The maximum Gasteiger partial charge on any atom is 0.162 e. The molecular formula is C15H13F3O2. The molecule has 1 N–H and O–H groups in total. The molecule has 106 valence electrons. The molecule has 0 aliphatic rings. The number of benzene rings is 2. The maximum atomic E-state index is 13.5. The van der Waals surface area contributed by atoms with Crippen molar-refractivity contribution in [3.63, 3.8) is 0 Å². The molecule has 2 nitrogen and oxygen atoms in total. The van der Waals surface area contributed by atoms with Crippen molar-refractivity contribution in [3.8, 4) is 5.75 Å². The quantitative estimate of drug-likeness (QED) is 0.931. The molecule has 0 aliphatic carbocycles. The summed E-state index contributed by atoms with van der Waals surface area (Å²) >= 11 is 0. The van der Waals surface area contributed by atoms with Gasteiger partial charge in [0.15, 0.2) is 11.6 Å². The van der Waals surface area contributed by atoms with E-state index in [0.717, 1.165) is 12.1 Å². The first kappa shape index (κ1) is 14.4. The Balaban J connectivity index is 2.30. The van der Waals surface area contributed by atoms with Gasteiger partial charge in [-0.3, -0.25) is 0 Å².